The largest absolute Gasteiger partial charge is 0.337 e. The van der Waals surface area contributed by atoms with E-state index < -0.39 is 23.6 Å². The molecule has 1 aromatic heterocycles. The molecule has 0 unspecified atom stereocenters. The Morgan fingerprint density at radius 1 is 1.07 bits per heavy atom. The maximum Gasteiger partial charge on any atom is 0.257 e. The number of rotatable bonds is 3. The molecule has 1 atom stereocenters. The zero-order valence-corrected chi connectivity index (χ0v) is 14.0. The molecule has 1 saturated heterocycles. The van der Waals surface area contributed by atoms with E-state index in [1.807, 2.05) is 0 Å². The van der Waals surface area contributed by atoms with Gasteiger partial charge in [0.15, 0.2) is 0 Å². The van der Waals surface area contributed by atoms with E-state index >= 15 is 0 Å². The SMILES string of the molecule is O=C(c1cc(F)ccc1F)N1CCC[C@@H]1c1nc(-c2ccc(F)cc2)no1. The van der Waals surface area contributed by atoms with Crippen molar-refractivity contribution in [3.63, 3.8) is 0 Å². The standard InChI is InChI=1S/C19H14F3N3O2/c20-12-5-3-11(4-6-12)17-23-18(27-24-17)16-2-1-9-25(16)19(26)14-10-13(21)7-8-15(14)22/h3-8,10,16H,1-2,9H2/t16-/m1/s1. The molecule has 0 radical (unpaired) electrons. The Labute approximate surface area is 152 Å². The van der Waals surface area contributed by atoms with Gasteiger partial charge in [-0.3, -0.25) is 4.79 Å². The third-order valence-corrected chi connectivity index (χ3v) is 4.50. The van der Waals surface area contributed by atoms with Crippen LogP contribution in [-0.4, -0.2) is 27.5 Å². The van der Waals surface area contributed by atoms with Crippen LogP contribution in [0.3, 0.4) is 0 Å². The van der Waals surface area contributed by atoms with Crippen molar-refractivity contribution in [2.45, 2.75) is 18.9 Å². The summed E-state index contributed by atoms with van der Waals surface area (Å²) in [5.41, 5.74) is 0.235. The van der Waals surface area contributed by atoms with Gasteiger partial charge in [0.1, 0.15) is 23.5 Å². The Kier molecular flexibility index (Phi) is 4.39. The van der Waals surface area contributed by atoms with Gasteiger partial charge >= 0.3 is 0 Å². The summed E-state index contributed by atoms with van der Waals surface area (Å²) >= 11 is 0. The molecule has 3 aromatic rings. The minimum Gasteiger partial charge on any atom is -0.337 e. The lowest BCUT2D eigenvalue weighted by Gasteiger charge is -2.22. The third kappa shape index (κ3) is 3.30. The molecule has 0 aliphatic carbocycles. The topological polar surface area (TPSA) is 59.2 Å². The van der Waals surface area contributed by atoms with Gasteiger partial charge in [0.05, 0.1) is 5.56 Å². The first-order valence-electron chi connectivity index (χ1n) is 8.38. The normalized spacial score (nSPS) is 16.7. The van der Waals surface area contributed by atoms with Gasteiger partial charge < -0.3 is 9.42 Å². The molecular weight excluding hydrogens is 359 g/mol. The zero-order valence-electron chi connectivity index (χ0n) is 14.0. The fraction of sp³-hybridized carbons (Fsp3) is 0.211. The lowest BCUT2D eigenvalue weighted by atomic mass is 10.1. The van der Waals surface area contributed by atoms with Crippen LogP contribution < -0.4 is 0 Å². The minimum atomic E-state index is -0.787. The molecule has 0 saturated carbocycles. The Balaban J connectivity index is 1.61. The Morgan fingerprint density at radius 3 is 2.59 bits per heavy atom. The van der Waals surface area contributed by atoms with Gasteiger partial charge in [-0.15, -0.1) is 0 Å². The number of halogens is 3. The Morgan fingerprint density at radius 2 is 1.81 bits per heavy atom. The van der Waals surface area contributed by atoms with Crippen LogP contribution in [0.4, 0.5) is 13.2 Å². The summed E-state index contributed by atoms with van der Waals surface area (Å²) in [5.74, 6) is -2.02. The van der Waals surface area contributed by atoms with E-state index in [4.69, 9.17) is 4.52 Å². The number of hydrogen-bond donors (Lipinski definition) is 0. The highest BCUT2D eigenvalue weighted by Gasteiger charge is 2.35. The maximum atomic E-state index is 14.0. The van der Waals surface area contributed by atoms with Gasteiger partial charge in [0, 0.05) is 12.1 Å². The summed E-state index contributed by atoms with van der Waals surface area (Å²) < 4.78 is 45.7. The zero-order chi connectivity index (χ0) is 19.0. The monoisotopic (exact) mass is 373 g/mol. The first-order chi connectivity index (χ1) is 13.0. The minimum absolute atomic E-state index is 0.206. The van der Waals surface area contributed by atoms with Crippen molar-refractivity contribution in [3.05, 3.63) is 71.4 Å². The molecule has 0 bridgehead atoms. The van der Waals surface area contributed by atoms with Crippen LogP contribution in [0.1, 0.15) is 35.1 Å². The number of benzene rings is 2. The number of hydrogen-bond acceptors (Lipinski definition) is 4. The van der Waals surface area contributed by atoms with Crippen molar-refractivity contribution in [3.8, 4) is 11.4 Å². The van der Waals surface area contributed by atoms with Crippen LogP contribution in [0.2, 0.25) is 0 Å². The molecule has 0 N–H and O–H groups in total. The van der Waals surface area contributed by atoms with Crippen LogP contribution in [0, 0.1) is 17.5 Å². The molecule has 1 fully saturated rings. The predicted octanol–water partition coefficient (Wildman–Crippen LogP) is 4.13. The van der Waals surface area contributed by atoms with Crippen molar-refractivity contribution in [2.24, 2.45) is 0 Å². The molecule has 2 aromatic carbocycles. The Bertz CT molecular complexity index is 988. The molecule has 1 amide bonds. The highest BCUT2D eigenvalue weighted by atomic mass is 19.1. The highest BCUT2D eigenvalue weighted by molar-refractivity contribution is 5.95. The summed E-state index contributed by atoms with van der Waals surface area (Å²) in [6.07, 6.45) is 1.23. The van der Waals surface area contributed by atoms with Crippen molar-refractivity contribution in [1.82, 2.24) is 15.0 Å². The molecule has 0 spiro atoms. The number of nitrogens with zero attached hydrogens (tertiary/aromatic N) is 3. The van der Waals surface area contributed by atoms with Gasteiger partial charge in [-0.1, -0.05) is 5.16 Å². The molecule has 27 heavy (non-hydrogen) atoms. The van der Waals surface area contributed by atoms with Gasteiger partial charge in [-0.25, -0.2) is 13.2 Å². The summed E-state index contributed by atoms with van der Waals surface area (Å²) in [4.78, 5) is 18.4. The second-order valence-electron chi connectivity index (χ2n) is 6.24. The van der Waals surface area contributed by atoms with Gasteiger partial charge in [0.2, 0.25) is 11.7 Å². The second kappa shape index (κ2) is 6.86. The van der Waals surface area contributed by atoms with E-state index in [0.29, 0.717) is 24.9 Å². The number of carbonyl (C=O) groups is 1. The van der Waals surface area contributed by atoms with E-state index in [-0.39, 0.29) is 23.1 Å². The van der Waals surface area contributed by atoms with Crippen LogP contribution in [0.5, 0.6) is 0 Å². The molecule has 138 valence electrons. The summed E-state index contributed by atoms with van der Waals surface area (Å²) in [5, 5.41) is 3.88. The molecule has 8 heteroatoms. The van der Waals surface area contributed by atoms with E-state index in [1.54, 1.807) is 0 Å². The van der Waals surface area contributed by atoms with Gasteiger partial charge in [-0.2, -0.15) is 4.98 Å². The van der Waals surface area contributed by atoms with E-state index in [2.05, 4.69) is 10.1 Å². The average molecular weight is 373 g/mol. The summed E-state index contributed by atoms with van der Waals surface area (Å²) in [7, 11) is 0. The lowest BCUT2D eigenvalue weighted by Crippen LogP contribution is -2.31. The molecule has 1 aliphatic heterocycles. The van der Waals surface area contributed by atoms with E-state index in [1.165, 1.54) is 29.2 Å². The van der Waals surface area contributed by atoms with Crippen LogP contribution >= 0.6 is 0 Å². The number of likely N-dealkylation sites (tertiary alicyclic amines) is 1. The van der Waals surface area contributed by atoms with Crippen molar-refractivity contribution < 1.29 is 22.5 Å². The first kappa shape index (κ1) is 17.3. The molecular formula is C19H14F3N3O2. The van der Waals surface area contributed by atoms with Crippen molar-refractivity contribution in [2.75, 3.05) is 6.54 Å². The Hall–Kier alpha value is -3.16. The first-order valence-corrected chi connectivity index (χ1v) is 8.38. The number of aromatic nitrogens is 2. The van der Waals surface area contributed by atoms with Crippen molar-refractivity contribution >= 4 is 5.91 Å². The smallest absolute Gasteiger partial charge is 0.257 e. The number of amides is 1. The fourth-order valence-electron chi connectivity index (χ4n) is 3.17. The lowest BCUT2D eigenvalue weighted by molar-refractivity contribution is 0.0704. The highest BCUT2D eigenvalue weighted by Crippen LogP contribution is 2.33. The summed E-state index contributed by atoms with van der Waals surface area (Å²) in [6.45, 7) is 0.369. The van der Waals surface area contributed by atoms with Crippen LogP contribution in [-0.2, 0) is 0 Å². The summed E-state index contributed by atoms with van der Waals surface area (Å²) in [6, 6.07) is 7.83. The van der Waals surface area contributed by atoms with Crippen LogP contribution in [0.15, 0.2) is 47.0 Å². The molecule has 5 nitrogen and oxygen atoms in total. The molecule has 2 heterocycles. The number of carbonyl (C=O) groups excluding carboxylic acids is 1. The molecule has 4 rings (SSSR count). The average Bonchev–Trinajstić information content (AvgIpc) is 3.32. The van der Waals surface area contributed by atoms with Crippen LogP contribution in [0.25, 0.3) is 11.4 Å². The predicted molar refractivity (Wildman–Crippen MR) is 89.1 cm³/mol. The van der Waals surface area contributed by atoms with Gasteiger partial charge in [-0.05, 0) is 55.3 Å². The second-order valence-corrected chi connectivity index (χ2v) is 6.24. The third-order valence-electron chi connectivity index (χ3n) is 4.50. The molecule has 1 aliphatic rings. The fourth-order valence-corrected chi connectivity index (χ4v) is 3.17. The quantitative estimate of drug-likeness (QED) is 0.693. The van der Waals surface area contributed by atoms with Gasteiger partial charge in [0.25, 0.3) is 5.91 Å². The van der Waals surface area contributed by atoms with E-state index in [0.717, 1.165) is 18.2 Å². The van der Waals surface area contributed by atoms with Crippen molar-refractivity contribution in [1.29, 1.82) is 0 Å². The maximum absolute atomic E-state index is 14.0. The van der Waals surface area contributed by atoms with E-state index in [9.17, 15) is 18.0 Å².